The third kappa shape index (κ3) is 2.47. The Kier molecular flexibility index (Phi) is 4.14. The highest BCUT2D eigenvalue weighted by molar-refractivity contribution is 9.10. The van der Waals surface area contributed by atoms with Crippen molar-refractivity contribution in [3.05, 3.63) is 33.6 Å². The molecule has 0 radical (unpaired) electrons. The van der Waals surface area contributed by atoms with Gasteiger partial charge in [-0.2, -0.15) is 0 Å². The maximum Gasteiger partial charge on any atom is 0.236 e. The number of hydrogen-bond donors (Lipinski definition) is 0. The predicted molar refractivity (Wildman–Crippen MR) is 76.4 cm³/mol. The van der Waals surface area contributed by atoms with Crippen molar-refractivity contribution in [2.75, 3.05) is 7.11 Å². The summed E-state index contributed by atoms with van der Waals surface area (Å²) in [5.74, 6) is 0.472. The van der Waals surface area contributed by atoms with E-state index in [0.717, 1.165) is 15.0 Å². The second-order valence-corrected chi connectivity index (χ2v) is 5.47. The maximum absolute atomic E-state index is 11.8. The molecular weight excluding hydrogens is 314 g/mol. The summed E-state index contributed by atoms with van der Waals surface area (Å²) in [7, 11) is 1.53. The van der Waals surface area contributed by atoms with Gasteiger partial charge in [-0.15, -0.1) is 11.3 Å². The van der Waals surface area contributed by atoms with Crippen molar-refractivity contribution >= 4 is 33.0 Å². The van der Waals surface area contributed by atoms with Crippen LogP contribution in [-0.2, 0) is 0 Å². The smallest absolute Gasteiger partial charge is 0.236 e. The largest absolute Gasteiger partial charge is 0.480 e. The van der Waals surface area contributed by atoms with Gasteiger partial charge in [0.2, 0.25) is 5.88 Å². The Labute approximate surface area is 118 Å². The molecule has 5 heteroatoms. The summed E-state index contributed by atoms with van der Waals surface area (Å²) in [4.78, 5) is 16.8. The lowest BCUT2D eigenvalue weighted by Crippen LogP contribution is -1.96. The first-order valence-corrected chi connectivity index (χ1v) is 7.11. The van der Waals surface area contributed by atoms with Gasteiger partial charge in [-0.3, -0.25) is 4.79 Å². The molecule has 0 N–H and O–H groups in total. The van der Waals surface area contributed by atoms with E-state index in [-0.39, 0.29) is 5.78 Å². The molecule has 3 nitrogen and oxygen atoms in total. The molecular formula is C13H12BrNO2S. The van der Waals surface area contributed by atoms with Crippen molar-refractivity contribution in [2.24, 2.45) is 0 Å². The highest BCUT2D eigenvalue weighted by Crippen LogP contribution is 2.36. The van der Waals surface area contributed by atoms with E-state index < -0.39 is 0 Å². The number of Topliss-reactive ketones (excluding diaryl/α,β-unsaturated/α-hetero) is 1. The van der Waals surface area contributed by atoms with Gasteiger partial charge < -0.3 is 4.74 Å². The minimum Gasteiger partial charge on any atom is -0.480 e. The Hall–Kier alpha value is -1.20. The number of rotatable bonds is 4. The quantitative estimate of drug-likeness (QED) is 0.792. The van der Waals surface area contributed by atoms with Gasteiger partial charge in [-0.25, -0.2) is 4.98 Å². The molecule has 0 aliphatic carbocycles. The predicted octanol–water partition coefficient (Wildman–Crippen LogP) is 4.17. The third-order valence-corrected chi connectivity index (χ3v) is 4.27. The zero-order chi connectivity index (χ0) is 13.1. The van der Waals surface area contributed by atoms with Crippen molar-refractivity contribution in [3.8, 4) is 16.5 Å². The Morgan fingerprint density at radius 3 is 2.78 bits per heavy atom. The molecule has 0 spiro atoms. The highest BCUT2D eigenvalue weighted by Gasteiger charge is 2.19. The number of nitrogens with zero attached hydrogens (tertiary/aromatic N) is 1. The Morgan fingerprint density at radius 1 is 1.44 bits per heavy atom. The number of methoxy groups -OCH3 is 1. The van der Waals surface area contributed by atoms with E-state index in [1.807, 2.05) is 31.2 Å². The summed E-state index contributed by atoms with van der Waals surface area (Å²) in [6.45, 7) is 1.83. The van der Waals surface area contributed by atoms with E-state index in [2.05, 4.69) is 20.9 Å². The molecule has 94 valence electrons. The molecule has 0 aliphatic heterocycles. The molecule has 0 saturated heterocycles. The molecule has 2 rings (SSSR count). The summed E-state index contributed by atoms with van der Waals surface area (Å²) in [6.07, 6.45) is 0.452. The topological polar surface area (TPSA) is 39.2 Å². The number of carbonyl (C=O) groups excluding carboxylic acids is 1. The van der Waals surface area contributed by atoms with Gasteiger partial charge in [0.25, 0.3) is 0 Å². The molecule has 0 saturated carbocycles. The summed E-state index contributed by atoms with van der Waals surface area (Å²) in [5.41, 5.74) is 0.968. The number of aromatic nitrogens is 1. The first-order chi connectivity index (χ1) is 8.67. The summed E-state index contributed by atoms with van der Waals surface area (Å²) in [5, 5.41) is 0.788. The molecule has 0 unspecified atom stereocenters. The number of hydrogen-bond acceptors (Lipinski definition) is 4. The second kappa shape index (κ2) is 5.63. The van der Waals surface area contributed by atoms with Crippen LogP contribution in [0, 0.1) is 0 Å². The summed E-state index contributed by atoms with van der Waals surface area (Å²) < 4.78 is 6.13. The van der Waals surface area contributed by atoms with E-state index in [4.69, 9.17) is 4.74 Å². The molecule has 0 atom stereocenters. The van der Waals surface area contributed by atoms with Gasteiger partial charge in [-0.05, 0) is 6.07 Å². The van der Waals surface area contributed by atoms with Gasteiger partial charge in [0.1, 0.15) is 9.88 Å². The van der Waals surface area contributed by atoms with E-state index in [0.29, 0.717) is 17.2 Å². The fourth-order valence-corrected chi connectivity index (χ4v) is 3.22. The van der Waals surface area contributed by atoms with Gasteiger partial charge in [0.15, 0.2) is 5.78 Å². The van der Waals surface area contributed by atoms with Gasteiger partial charge in [-0.1, -0.05) is 41.1 Å². The van der Waals surface area contributed by atoms with Crippen molar-refractivity contribution in [1.29, 1.82) is 0 Å². The monoisotopic (exact) mass is 325 g/mol. The zero-order valence-electron chi connectivity index (χ0n) is 10.1. The Morgan fingerprint density at radius 2 is 2.17 bits per heavy atom. The van der Waals surface area contributed by atoms with Crippen LogP contribution in [0.1, 0.15) is 23.0 Å². The fraction of sp³-hybridized carbons (Fsp3) is 0.231. The second-order valence-electron chi connectivity index (χ2n) is 3.61. The van der Waals surface area contributed by atoms with E-state index in [1.165, 1.54) is 18.4 Å². The number of halogens is 1. The minimum atomic E-state index is 0.0580. The molecule has 1 heterocycles. The molecule has 2 aromatic rings. The minimum absolute atomic E-state index is 0.0580. The average molecular weight is 326 g/mol. The molecule has 1 aromatic carbocycles. The van der Waals surface area contributed by atoms with Crippen LogP contribution in [-0.4, -0.2) is 17.9 Å². The van der Waals surface area contributed by atoms with Crippen LogP contribution in [0.4, 0.5) is 0 Å². The number of benzene rings is 1. The normalized spacial score (nSPS) is 10.4. The molecule has 0 bridgehead atoms. The number of thiazole rings is 1. The van der Waals surface area contributed by atoms with E-state index in [9.17, 15) is 4.79 Å². The van der Waals surface area contributed by atoms with Crippen LogP contribution in [0.5, 0.6) is 5.88 Å². The molecule has 0 amide bonds. The molecule has 0 aliphatic rings. The van der Waals surface area contributed by atoms with E-state index >= 15 is 0 Å². The van der Waals surface area contributed by atoms with Crippen LogP contribution in [0.2, 0.25) is 0 Å². The van der Waals surface area contributed by atoms with Gasteiger partial charge >= 0.3 is 0 Å². The fourth-order valence-electron chi connectivity index (χ4n) is 1.53. The van der Waals surface area contributed by atoms with E-state index in [1.54, 1.807) is 0 Å². The summed E-state index contributed by atoms with van der Waals surface area (Å²) >= 11 is 4.85. The average Bonchev–Trinajstić information content (AvgIpc) is 2.82. The first kappa shape index (κ1) is 13.2. The standard InChI is InChI=1S/C13H12BrNO2S/c1-3-10(16)11-12(17-2)15-13(18-11)8-6-4-5-7-9(8)14/h4-7H,3H2,1-2H3. The van der Waals surface area contributed by atoms with Gasteiger partial charge in [0.05, 0.1) is 7.11 Å². The van der Waals surface area contributed by atoms with Crippen LogP contribution >= 0.6 is 27.3 Å². The molecule has 18 heavy (non-hydrogen) atoms. The molecule has 1 aromatic heterocycles. The maximum atomic E-state index is 11.8. The Bertz CT molecular complexity index is 580. The Balaban J connectivity index is 2.51. The van der Waals surface area contributed by atoms with Gasteiger partial charge in [0, 0.05) is 16.5 Å². The number of ether oxygens (including phenoxy) is 1. The number of carbonyl (C=O) groups is 1. The van der Waals surface area contributed by atoms with Crippen LogP contribution in [0.15, 0.2) is 28.7 Å². The van der Waals surface area contributed by atoms with Crippen molar-refractivity contribution < 1.29 is 9.53 Å². The SMILES string of the molecule is CCC(=O)c1sc(-c2ccccc2Br)nc1OC. The third-order valence-electron chi connectivity index (χ3n) is 2.47. The first-order valence-electron chi connectivity index (χ1n) is 5.50. The van der Waals surface area contributed by atoms with Crippen molar-refractivity contribution in [2.45, 2.75) is 13.3 Å². The van der Waals surface area contributed by atoms with Crippen LogP contribution in [0.25, 0.3) is 10.6 Å². The van der Waals surface area contributed by atoms with Crippen LogP contribution < -0.4 is 4.74 Å². The lowest BCUT2D eigenvalue weighted by Gasteiger charge is -1.98. The lowest BCUT2D eigenvalue weighted by atomic mass is 10.2. The number of ketones is 1. The zero-order valence-corrected chi connectivity index (χ0v) is 12.5. The molecule has 0 fully saturated rings. The summed E-state index contributed by atoms with van der Waals surface area (Å²) in [6, 6.07) is 7.79. The van der Waals surface area contributed by atoms with Crippen LogP contribution in [0.3, 0.4) is 0 Å². The van der Waals surface area contributed by atoms with Crippen molar-refractivity contribution in [3.63, 3.8) is 0 Å². The highest BCUT2D eigenvalue weighted by atomic mass is 79.9. The van der Waals surface area contributed by atoms with Crippen molar-refractivity contribution in [1.82, 2.24) is 4.98 Å². The lowest BCUT2D eigenvalue weighted by molar-refractivity contribution is 0.0989.